The second-order valence-corrected chi connectivity index (χ2v) is 9.34. The minimum Gasteiger partial charge on any atom is -0.103 e. The first-order chi connectivity index (χ1) is 14.5. The van der Waals surface area contributed by atoms with Crippen molar-refractivity contribution >= 4 is 31.9 Å². The highest BCUT2D eigenvalue weighted by Gasteiger charge is 2.19. The molecule has 0 nitrogen and oxygen atoms in total. The van der Waals surface area contributed by atoms with Crippen LogP contribution >= 0.6 is 31.9 Å². The zero-order valence-electron chi connectivity index (χ0n) is 17.9. The van der Waals surface area contributed by atoms with Crippen LogP contribution in [0.25, 0.3) is 11.1 Å². The number of benzene rings is 2. The van der Waals surface area contributed by atoms with Crippen LogP contribution in [0.3, 0.4) is 0 Å². The maximum Gasteiger partial charge on any atom is 0.0181 e. The first kappa shape index (κ1) is 24.6. The van der Waals surface area contributed by atoms with E-state index in [0.717, 1.165) is 60.3 Å². The Hall–Kier alpha value is -1.64. The molecule has 0 radical (unpaired) electrons. The third-order valence-electron chi connectivity index (χ3n) is 5.25. The molecule has 0 unspecified atom stereocenters. The van der Waals surface area contributed by atoms with E-state index in [1.54, 1.807) is 0 Å². The van der Waals surface area contributed by atoms with Gasteiger partial charge in [-0.1, -0.05) is 56.2 Å². The van der Waals surface area contributed by atoms with Gasteiger partial charge in [0.25, 0.3) is 0 Å². The van der Waals surface area contributed by atoms with E-state index in [1.165, 1.54) is 33.4 Å². The summed E-state index contributed by atoms with van der Waals surface area (Å²) in [6.07, 6.45) is 15.8. The zero-order valence-corrected chi connectivity index (χ0v) is 21.0. The van der Waals surface area contributed by atoms with E-state index >= 15 is 0 Å². The highest BCUT2D eigenvalue weighted by Crippen LogP contribution is 2.39. The first-order valence-electron chi connectivity index (χ1n) is 10.6. The van der Waals surface area contributed by atoms with Gasteiger partial charge in [0.05, 0.1) is 0 Å². The summed E-state index contributed by atoms with van der Waals surface area (Å²) in [4.78, 5) is 0. The lowest BCUT2D eigenvalue weighted by Crippen LogP contribution is -2.04. The average Bonchev–Trinajstić information content (AvgIpc) is 2.73. The smallest absolute Gasteiger partial charge is 0.0181 e. The van der Waals surface area contributed by atoms with Crippen molar-refractivity contribution in [2.24, 2.45) is 0 Å². The molecule has 2 aromatic rings. The largest absolute Gasteiger partial charge is 0.103 e. The van der Waals surface area contributed by atoms with E-state index in [-0.39, 0.29) is 0 Å². The predicted molar refractivity (Wildman–Crippen MR) is 141 cm³/mol. The molecule has 158 valence electrons. The Morgan fingerprint density at radius 3 is 0.933 bits per heavy atom. The summed E-state index contributed by atoms with van der Waals surface area (Å²) in [6.45, 7) is 15.8. The van der Waals surface area contributed by atoms with Gasteiger partial charge in [0.1, 0.15) is 0 Å². The van der Waals surface area contributed by atoms with Gasteiger partial charge in [0.2, 0.25) is 0 Å². The molecule has 30 heavy (non-hydrogen) atoms. The molecule has 0 aromatic heterocycles. The molecular weight excluding hydrogens is 496 g/mol. The number of halogens is 2. The third kappa shape index (κ3) is 6.68. The van der Waals surface area contributed by atoms with Crippen LogP contribution in [0.4, 0.5) is 0 Å². The zero-order chi connectivity index (χ0) is 21.9. The lowest BCUT2D eigenvalue weighted by molar-refractivity contribution is 0.946. The minimum atomic E-state index is 0.963. The fraction of sp³-hybridized carbons (Fsp3) is 0.286. The second-order valence-electron chi connectivity index (χ2n) is 7.51. The predicted octanol–water partition coefficient (Wildman–Crippen LogP) is 9.35. The van der Waals surface area contributed by atoms with E-state index in [2.05, 4.69) is 82.4 Å². The van der Waals surface area contributed by atoms with E-state index < -0.39 is 0 Å². The molecule has 0 spiro atoms. The van der Waals surface area contributed by atoms with Crippen LogP contribution in [0.5, 0.6) is 0 Å². The van der Waals surface area contributed by atoms with Crippen LogP contribution in [-0.2, 0) is 25.7 Å². The van der Waals surface area contributed by atoms with Crippen LogP contribution in [0.2, 0.25) is 0 Å². The molecule has 0 aliphatic rings. The summed E-state index contributed by atoms with van der Waals surface area (Å²) in [5.74, 6) is 0. The van der Waals surface area contributed by atoms with Crippen molar-refractivity contribution < 1.29 is 0 Å². The molecular formula is C28H32Br2. The van der Waals surface area contributed by atoms with Crippen LogP contribution < -0.4 is 0 Å². The highest BCUT2D eigenvalue weighted by atomic mass is 79.9. The van der Waals surface area contributed by atoms with Crippen molar-refractivity contribution in [3.05, 3.63) is 106 Å². The van der Waals surface area contributed by atoms with Gasteiger partial charge in [-0.3, -0.25) is 0 Å². The molecule has 0 amide bonds. The Bertz CT molecular complexity index is 763. The first-order valence-corrected chi connectivity index (χ1v) is 12.2. The lowest BCUT2D eigenvalue weighted by atomic mass is 9.83. The Kier molecular flexibility index (Phi) is 10.6. The van der Waals surface area contributed by atoms with Crippen molar-refractivity contribution in [1.29, 1.82) is 0 Å². The van der Waals surface area contributed by atoms with Crippen LogP contribution in [0.1, 0.15) is 47.9 Å². The van der Waals surface area contributed by atoms with Crippen LogP contribution in [0, 0.1) is 0 Å². The molecule has 0 N–H and O–H groups in total. The molecule has 0 fully saturated rings. The second kappa shape index (κ2) is 12.9. The topological polar surface area (TPSA) is 0 Å². The van der Waals surface area contributed by atoms with Gasteiger partial charge in [-0.2, -0.15) is 0 Å². The van der Waals surface area contributed by atoms with E-state index in [0.29, 0.717) is 0 Å². The lowest BCUT2D eigenvalue weighted by Gasteiger charge is -2.22. The van der Waals surface area contributed by atoms with Crippen molar-refractivity contribution in [2.75, 3.05) is 0 Å². The van der Waals surface area contributed by atoms with Gasteiger partial charge in [-0.15, -0.1) is 26.3 Å². The summed E-state index contributed by atoms with van der Waals surface area (Å²) in [5.41, 5.74) is 8.31. The number of aryl methyl sites for hydroxylation is 4. The van der Waals surface area contributed by atoms with E-state index in [1.807, 2.05) is 24.3 Å². The van der Waals surface area contributed by atoms with Crippen molar-refractivity contribution in [3.8, 4) is 11.1 Å². The summed E-state index contributed by atoms with van der Waals surface area (Å²) in [6, 6.07) is 9.14. The van der Waals surface area contributed by atoms with E-state index in [4.69, 9.17) is 0 Å². The fourth-order valence-corrected chi connectivity index (χ4v) is 5.02. The number of rotatable bonds is 13. The minimum absolute atomic E-state index is 0.963. The van der Waals surface area contributed by atoms with Crippen molar-refractivity contribution in [1.82, 2.24) is 0 Å². The molecule has 0 saturated carbocycles. The molecule has 0 bridgehead atoms. The molecule has 0 aliphatic heterocycles. The Morgan fingerprint density at radius 1 is 0.500 bits per heavy atom. The fourth-order valence-electron chi connectivity index (χ4n) is 3.91. The van der Waals surface area contributed by atoms with Gasteiger partial charge >= 0.3 is 0 Å². The van der Waals surface area contributed by atoms with Crippen LogP contribution in [0.15, 0.2) is 83.8 Å². The summed E-state index contributed by atoms with van der Waals surface area (Å²) >= 11 is 7.50. The Labute approximate surface area is 199 Å². The molecule has 0 aliphatic carbocycles. The molecule has 0 saturated heterocycles. The third-order valence-corrected chi connectivity index (χ3v) is 6.17. The summed E-state index contributed by atoms with van der Waals surface area (Å²) in [7, 11) is 0. The molecule has 2 aromatic carbocycles. The van der Waals surface area contributed by atoms with Crippen molar-refractivity contribution in [3.63, 3.8) is 0 Å². The van der Waals surface area contributed by atoms with Gasteiger partial charge in [-0.05, 0) is 109 Å². The van der Waals surface area contributed by atoms with Crippen LogP contribution in [-0.4, -0.2) is 0 Å². The number of hydrogen-bond acceptors (Lipinski definition) is 0. The highest BCUT2D eigenvalue weighted by molar-refractivity contribution is 9.10. The number of hydrogen-bond donors (Lipinski definition) is 0. The normalized spacial score (nSPS) is 10.6. The van der Waals surface area contributed by atoms with Gasteiger partial charge in [-0.25, -0.2) is 0 Å². The Morgan fingerprint density at radius 2 is 0.733 bits per heavy atom. The van der Waals surface area contributed by atoms with Gasteiger partial charge < -0.3 is 0 Å². The van der Waals surface area contributed by atoms with E-state index in [9.17, 15) is 0 Å². The standard InChI is InChI=1S/C28H32Br2/c1-5-9-13-21-17-25(29)18-22(14-10-6-2)27(21)28-23(15-11-7-3)19-26(30)20-24(28)16-12-8-4/h5-8,17-20H,1-4,9-16H2. The monoisotopic (exact) mass is 526 g/mol. The number of allylic oxidation sites excluding steroid dienone is 4. The van der Waals surface area contributed by atoms with Gasteiger partial charge in [0.15, 0.2) is 0 Å². The maximum absolute atomic E-state index is 3.95. The molecule has 0 heterocycles. The summed E-state index contributed by atoms with van der Waals surface area (Å²) < 4.78 is 2.28. The molecule has 2 heteroatoms. The SMILES string of the molecule is C=CCCc1cc(Br)cc(CCC=C)c1-c1c(CCC=C)cc(Br)cc1CCC=C. The van der Waals surface area contributed by atoms with Crippen molar-refractivity contribution in [2.45, 2.75) is 51.4 Å². The Balaban J connectivity index is 2.82. The van der Waals surface area contributed by atoms with Gasteiger partial charge in [0, 0.05) is 8.95 Å². The average molecular weight is 528 g/mol. The molecule has 2 rings (SSSR count). The maximum atomic E-state index is 3.95. The summed E-state index contributed by atoms with van der Waals surface area (Å²) in [5, 5.41) is 0. The quantitative estimate of drug-likeness (QED) is 0.227. The molecule has 0 atom stereocenters.